The highest BCUT2D eigenvalue weighted by molar-refractivity contribution is 9.10. The number of benzene rings is 1. The zero-order valence-electron chi connectivity index (χ0n) is 8.80. The summed E-state index contributed by atoms with van der Waals surface area (Å²) in [5.74, 6) is 0. The second-order valence-corrected chi connectivity index (χ2v) is 5.76. The quantitative estimate of drug-likeness (QED) is 0.602. The molecule has 1 aromatic carbocycles. The van der Waals surface area contributed by atoms with Crippen molar-refractivity contribution in [2.45, 2.75) is 11.0 Å². The van der Waals surface area contributed by atoms with Crippen molar-refractivity contribution in [3.63, 3.8) is 0 Å². The van der Waals surface area contributed by atoms with E-state index in [2.05, 4.69) is 21.2 Å². The van der Waals surface area contributed by atoms with E-state index in [0.717, 1.165) is 0 Å². The summed E-state index contributed by atoms with van der Waals surface area (Å²) in [6.07, 6.45) is -0.976. The number of aliphatic hydroxyl groups is 2. The number of hydrogen-bond donors (Lipinski definition) is 4. The standard InChI is InChI=1S/C9H13BrN2O4S/c10-7-2-1-3-8(17(11,15)16)9(7)12-4-6(14)5-13/h1-3,6,12-14H,4-5H2,(H2,11,15,16). The first-order valence-corrected chi connectivity index (χ1v) is 7.04. The summed E-state index contributed by atoms with van der Waals surface area (Å²) < 4.78 is 23.2. The second-order valence-electron chi connectivity index (χ2n) is 3.38. The van der Waals surface area contributed by atoms with Gasteiger partial charge in [-0.3, -0.25) is 0 Å². The van der Waals surface area contributed by atoms with Crippen molar-refractivity contribution in [1.82, 2.24) is 0 Å². The molecule has 0 spiro atoms. The molecule has 0 fully saturated rings. The van der Waals surface area contributed by atoms with Crippen LogP contribution in [0.4, 0.5) is 5.69 Å². The Morgan fingerprint density at radius 2 is 2.12 bits per heavy atom. The number of rotatable bonds is 5. The number of anilines is 1. The summed E-state index contributed by atoms with van der Waals surface area (Å²) >= 11 is 3.18. The van der Waals surface area contributed by atoms with Crippen LogP contribution in [0.25, 0.3) is 0 Å². The Hall–Kier alpha value is -0.670. The van der Waals surface area contributed by atoms with Crippen molar-refractivity contribution < 1.29 is 18.6 Å². The van der Waals surface area contributed by atoms with Crippen LogP contribution < -0.4 is 10.5 Å². The lowest BCUT2D eigenvalue weighted by Gasteiger charge is -2.14. The zero-order valence-corrected chi connectivity index (χ0v) is 11.2. The third-order valence-corrected chi connectivity index (χ3v) is 3.62. The smallest absolute Gasteiger partial charge is 0.240 e. The Balaban J connectivity index is 3.05. The number of para-hydroxylation sites is 1. The maximum Gasteiger partial charge on any atom is 0.240 e. The van der Waals surface area contributed by atoms with Crippen molar-refractivity contribution in [3.05, 3.63) is 22.7 Å². The van der Waals surface area contributed by atoms with Gasteiger partial charge in [0.2, 0.25) is 10.0 Å². The molecule has 0 heterocycles. The summed E-state index contributed by atoms with van der Waals surface area (Å²) in [7, 11) is -3.85. The lowest BCUT2D eigenvalue weighted by Crippen LogP contribution is -2.24. The van der Waals surface area contributed by atoms with Gasteiger partial charge in [-0.15, -0.1) is 0 Å². The number of sulfonamides is 1. The van der Waals surface area contributed by atoms with Crippen LogP contribution in [-0.2, 0) is 10.0 Å². The Morgan fingerprint density at radius 1 is 1.47 bits per heavy atom. The Morgan fingerprint density at radius 3 is 2.65 bits per heavy atom. The van der Waals surface area contributed by atoms with Crippen LogP contribution in [0.3, 0.4) is 0 Å². The molecular formula is C9H13BrN2O4S. The summed E-state index contributed by atoms with van der Waals surface area (Å²) in [4.78, 5) is -0.0722. The molecule has 6 nitrogen and oxygen atoms in total. The summed E-state index contributed by atoms with van der Waals surface area (Å²) in [5.41, 5.74) is 0.266. The third-order valence-electron chi connectivity index (χ3n) is 2.01. The van der Waals surface area contributed by atoms with E-state index in [1.165, 1.54) is 12.1 Å². The molecule has 17 heavy (non-hydrogen) atoms. The normalized spacial score (nSPS) is 13.4. The van der Waals surface area contributed by atoms with Gasteiger partial charge in [0.25, 0.3) is 0 Å². The first-order valence-electron chi connectivity index (χ1n) is 4.70. The minimum atomic E-state index is -3.85. The van der Waals surface area contributed by atoms with Gasteiger partial charge in [0.05, 0.1) is 18.4 Å². The molecule has 0 aliphatic carbocycles. The highest BCUT2D eigenvalue weighted by Crippen LogP contribution is 2.28. The van der Waals surface area contributed by atoms with Crippen molar-refractivity contribution in [3.8, 4) is 0 Å². The molecule has 1 aromatic rings. The maximum atomic E-state index is 11.3. The molecule has 8 heteroatoms. The van der Waals surface area contributed by atoms with Gasteiger partial charge in [0, 0.05) is 11.0 Å². The first kappa shape index (κ1) is 14.4. The molecule has 0 saturated carbocycles. The average Bonchev–Trinajstić information content (AvgIpc) is 2.25. The minimum Gasteiger partial charge on any atom is -0.394 e. The van der Waals surface area contributed by atoms with E-state index in [4.69, 9.17) is 10.2 Å². The molecule has 1 rings (SSSR count). The largest absolute Gasteiger partial charge is 0.394 e. The molecule has 0 aromatic heterocycles. The van der Waals surface area contributed by atoms with E-state index in [9.17, 15) is 13.5 Å². The first-order chi connectivity index (χ1) is 7.86. The molecule has 1 atom stereocenters. The minimum absolute atomic E-state index is 0.0155. The van der Waals surface area contributed by atoms with Gasteiger partial charge in [0.1, 0.15) is 4.90 Å². The summed E-state index contributed by atoms with van der Waals surface area (Å²) in [5, 5.41) is 25.6. The van der Waals surface area contributed by atoms with Crippen molar-refractivity contribution in [2.75, 3.05) is 18.5 Å². The second kappa shape index (κ2) is 5.78. The molecule has 96 valence electrons. The lowest BCUT2D eigenvalue weighted by atomic mass is 10.3. The van der Waals surface area contributed by atoms with E-state index in [1.54, 1.807) is 6.07 Å². The number of nitrogens with one attached hydrogen (secondary N) is 1. The monoisotopic (exact) mass is 324 g/mol. The van der Waals surface area contributed by atoms with Crippen LogP contribution in [0.15, 0.2) is 27.6 Å². The van der Waals surface area contributed by atoms with Crippen molar-refractivity contribution in [1.29, 1.82) is 0 Å². The Labute approximate surface area is 108 Å². The van der Waals surface area contributed by atoms with E-state index in [-0.39, 0.29) is 17.1 Å². The zero-order chi connectivity index (χ0) is 13.1. The van der Waals surface area contributed by atoms with Crippen LogP contribution in [-0.4, -0.2) is 37.9 Å². The number of aliphatic hydroxyl groups excluding tert-OH is 2. The van der Waals surface area contributed by atoms with Crippen LogP contribution in [0.5, 0.6) is 0 Å². The van der Waals surface area contributed by atoms with Gasteiger partial charge in [-0.05, 0) is 28.1 Å². The number of hydrogen-bond acceptors (Lipinski definition) is 5. The molecule has 0 saturated heterocycles. The van der Waals surface area contributed by atoms with Crippen molar-refractivity contribution in [2.24, 2.45) is 5.14 Å². The fourth-order valence-electron chi connectivity index (χ4n) is 1.20. The van der Waals surface area contributed by atoms with E-state index < -0.39 is 22.7 Å². The van der Waals surface area contributed by atoms with Gasteiger partial charge < -0.3 is 15.5 Å². The van der Waals surface area contributed by atoms with Gasteiger partial charge in [-0.25, -0.2) is 13.6 Å². The molecule has 1 unspecified atom stereocenters. The van der Waals surface area contributed by atoms with Gasteiger partial charge in [-0.2, -0.15) is 0 Å². The predicted molar refractivity (Wildman–Crippen MR) is 67.1 cm³/mol. The number of halogens is 1. The summed E-state index contributed by atoms with van der Waals surface area (Å²) in [6.45, 7) is -0.399. The Bertz CT molecular complexity index is 492. The molecule has 0 aliphatic heterocycles. The molecular weight excluding hydrogens is 312 g/mol. The number of primary sulfonamides is 1. The average molecular weight is 325 g/mol. The Kier molecular flexibility index (Phi) is 4.90. The van der Waals surface area contributed by atoms with E-state index in [1.807, 2.05) is 0 Å². The maximum absolute atomic E-state index is 11.3. The summed E-state index contributed by atoms with van der Waals surface area (Å²) in [6, 6.07) is 4.54. The van der Waals surface area contributed by atoms with E-state index in [0.29, 0.717) is 4.47 Å². The molecule has 0 amide bonds. The highest BCUT2D eigenvalue weighted by Gasteiger charge is 2.16. The van der Waals surface area contributed by atoms with E-state index >= 15 is 0 Å². The van der Waals surface area contributed by atoms with Gasteiger partial charge in [0.15, 0.2) is 0 Å². The molecule has 0 radical (unpaired) electrons. The topological polar surface area (TPSA) is 113 Å². The predicted octanol–water partition coefficient (Wildman–Crippen LogP) is -0.138. The third kappa shape index (κ3) is 3.93. The van der Waals surface area contributed by atoms with Gasteiger partial charge >= 0.3 is 0 Å². The van der Waals surface area contributed by atoms with Crippen LogP contribution in [0.1, 0.15) is 0 Å². The molecule has 5 N–H and O–H groups in total. The van der Waals surface area contributed by atoms with Crippen molar-refractivity contribution >= 4 is 31.6 Å². The SMILES string of the molecule is NS(=O)(=O)c1cccc(Br)c1NCC(O)CO. The fraction of sp³-hybridized carbons (Fsp3) is 0.333. The number of nitrogens with two attached hydrogens (primary N) is 1. The van der Waals surface area contributed by atoms with Gasteiger partial charge in [-0.1, -0.05) is 6.07 Å². The highest BCUT2D eigenvalue weighted by atomic mass is 79.9. The van der Waals surface area contributed by atoms with Crippen LogP contribution in [0, 0.1) is 0 Å². The van der Waals surface area contributed by atoms with Crippen LogP contribution >= 0.6 is 15.9 Å². The molecule has 0 aliphatic rings. The fourth-order valence-corrected chi connectivity index (χ4v) is 2.57. The molecule has 0 bridgehead atoms. The lowest BCUT2D eigenvalue weighted by molar-refractivity contribution is 0.105. The van der Waals surface area contributed by atoms with Crippen LogP contribution in [0.2, 0.25) is 0 Å².